The van der Waals surface area contributed by atoms with Crippen molar-refractivity contribution >= 4 is 40.5 Å². The van der Waals surface area contributed by atoms with Crippen molar-refractivity contribution in [2.24, 2.45) is 0 Å². The van der Waals surface area contributed by atoms with Crippen molar-refractivity contribution in [3.05, 3.63) is 16.6 Å². The fourth-order valence-electron chi connectivity index (χ4n) is 0.736. The standard InChI is InChI=1S/C7H8INO3S/c1-2-11-7(10)6-3-5(4-12-8)13-9-6/h3H,2,4H2,1H3. The second-order valence-corrected chi connectivity index (χ2v) is 3.66. The van der Waals surface area contributed by atoms with Gasteiger partial charge in [0, 0.05) is 0 Å². The highest BCUT2D eigenvalue weighted by Crippen LogP contribution is 2.13. The van der Waals surface area contributed by atoms with Gasteiger partial charge in [-0.05, 0) is 24.5 Å². The maximum Gasteiger partial charge on any atom is 0.358 e. The number of carbonyl (C=O) groups excluding carboxylic acids is 1. The van der Waals surface area contributed by atoms with E-state index in [2.05, 4.69) is 4.37 Å². The minimum atomic E-state index is -0.376. The van der Waals surface area contributed by atoms with Gasteiger partial charge in [-0.2, -0.15) is 4.37 Å². The van der Waals surface area contributed by atoms with Gasteiger partial charge in [-0.25, -0.2) is 4.79 Å². The van der Waals surface area contributed by atoms with Crippen molar-refractivity contribution < 1.29 is 12.6 Å². The summed E-state index contributed by atoms with van der Waals surface area (Å²) in [5.74, 6) is -0.376. The van der Waals surface area contributed by atoms with Crippen LogP contribution in [0.4, 0.5) is 0 Å². The van der Waals surface area contributed by atoms with E-state index < -0.39 is 0 Å². The first-order chi connectivity index (χ1) is 6.27. The Morgan fingerprint density at radius 3 is 3.15 bits per heavy atom. The molecule has 1 aromatic heterocycles. The number of nitrogens with zero attached hydrogens (tertiary/aromatic N) is 1. The largest absolute Gasteiger partial charge is 0.461 e. The van der Waals surface area contributed by atoms with E-state index in [0.29, 0.717) is 18.9 Å². The van der Waals surface area contributed by atoms with Gasteiger partial charge in [-0.3, -0.25) is 0 Å². The van der Waals surface area contributed by atoms with E-state index in [1.807, 2.05) is 0 Å². The Balaban J connectivity index is 2.62. The maximum atomic E-state index is 11.1. The molecule has 0 bridgehead atoms. The van der Waals surface area contributed by atoms with E-state index in [1.165, 1.54) is 11.5 Å². The van der Waals surface area contributed by atoms with Crippen LogP contribution in [0.1, 0.15) is 22.3 Å². The highest BCUT2D eigenvalue weighted by molar-refractivity contribution is 14.1. The molecule has 72 valence electrons. The predicted octanol–water partition coefficient (Wildman–Crippen LogP) is 2.19. The van der Waals surface area contributed by atoms with Crippen molar-refractivity contribution in [3.8, 4) is 0 Å². The molecule has 6 heteroatoms. The molecule has 13 heavy (non-hydrogen) atoms. The van der Waals surface area contributed by atoms with Crippen LogP contribution in [-0.2, 0) is 14.4 Å². The SMILES string of the molecule is CCOC(=O)c1cc(COI)sn1. The van der Waals surface area contributed by atoms with Gasteiger partial charge in [0.15, 0.2) is 5.69 Å². The molecule has 0 amide bonds. The number of ether oxygens (including phenoxy) is 1. The Morgan fingerprint density at radius 1 is 1.77 bits per heavy atom. The highest BCUT2D eigenvalue weighted by atomic mass is 127. The Hall–Kier alpha value is -0.210. The second-order valence-electron chi connectivity index (χ2n) is 2.15. The van der Waals surface area contributed by atoms with Gasteiger partial charge >= 0.3 is 5.97 Å². The summed E-state index contributed by atoms with van der Waals surface area (Å²) in [6, 6.07) is 1.68. The number of hydrogen-bond acceptors (Lipinski definition) is 5. The van der Waals surface area contributed by atoms with E-state index in [4.69, 9.17) is 7.80 Å². The molecule has 0 saturated carbocycles. The zero-order chi connectivity index (χ0) is 9.68. The third-order valence-electron chi connectivity index (χ3n) is 1.24. The molecule has 0 aliphatic carbocycles. The Bertz CT molecular complexity index is 289. The number of aromatic nitrogens is 1. The van der Waals surface area contributed by atoms with Gasteiger partial charge in [-0.15, -0.1) is 0 Å². The zero-order valence-electron chi connectivity index (χ0n) is 6.95. The van der Waals surface area contributed by atoms with Crippen molar-refractivity contribution in [2.75, 3.05) is 6.61 Å². The molecule has 0 unspecified atom stereocenters. The summed E-state index contributed by atoms with van der Waals surface area (Å²) in [5, 5.41) is 0. The van der Waals surface area contributed by atoms with E-state index >= 15 is 0 Å². The van der Waals surface area contributed by atoms with E-state index in [-0.39, 0.29) is 5.97 Å². The lowest BCUT2D eigenvalue weighted by Gasteiger charge is -1.95. The molecule has 0 aromatic carbocycles. The van der Waals surface area contributed by atoms with Crippen LogP contribution in [0, 0.1) is 0 Å². The molecule has 0 atom stereocenters. The lowest BCUT2D eigenvalue weighted by atomic mass is 10.4. The molecule has 0 radical (unpaired) electrons. The van der Waals surface area contributed by atoms with Gasteiger partial charge in [0.25, 0.3) is 0 Å². The Kier molecular flexibility index (Phi) is 4.60. The quantitative estimate of drug-likeness (QED) is 0.631. The molecule has 0 fully saturated rings. The van der Waals surface area contributed by atoms with Crippen molar-refractivity contribution in [1.29, 1.82) is 0 Å². The van der Waals surface area contributed by atoms with Crippen LogP contribution in [0.2, 0.25) is 0 Å². The number of rotatable bonds is 4. The van der Waals surface area contributed by atoms with Crippen molar-refractivity contribution in [2.45, 2.75) is 13.5 Å². The van der Waals surface area contributed by atoms with Gasteiger partial charge in [0.05, 0.1) is 18.1 Å². The molecule has 1 heterocycles. The first kappa shape index (κ1) is 10.9. The fraction of sp³-hybridized carbons (Fsp3) is 0.429. The Morgan fingerprint density at radius 2 is 2.54 bits per heavy atom. The van der Waals surface area contributed by atoms with E-state index in [1.54, 1.807) is 36.0 Å². The van der Waals surface area contributed by atoms with Crippen LogP contribution < -0.4 is 0 Å². The third-order valence-corrected chi connectivity index (χ3v) is 2.31. The zero-order valence-corrected chi connectivity index (χ0v) is 9.92. The summed E-state index contributed by atoms with van der Waals surface area (Å²) < 4.78 is 13.6. The molecule has 0 spiro atoms. The number of carbonyl (C=O) groups is 1. The maximum absolute atomic E-state index is 11.1. The lowest BCUT2D eigenvalue weighted by Crippen LogP contribution is -2.04. The van der Waals surface area contributed by atoms with Crippen LogP contribution in [0.25, 0.3) is 0 Å². The number of esters is 1. The molecule has 0 N–H and O–H groups in total. The summed E-state index contributed by atoms with van der Waals surface area (Å²) >= 11 is 3.04. The molecule has 0 saturated heterocycles. The molecule has 4 nitrogen and oxygen atoms in total. The average molecular weight is 313 g/mol. The number of hydrogen-bond donors (Lipinski definition) is 0. The van der Waals surface area contributed by atoms with Crippen LogP contribution >= 0.6 is 34.5 Å². The van der Waals surface area contributed by atoms with E-state index in [9.17, 15) is 4.79 Å². The highest BCUT2D eigenvalue weighted by Gasteiger charge is 2.11. The normalized spacial score (nSPS) is 10.0. The van der Waals surface area contributed by atoms with Gasteiger partial charge in [0.2, 0.25) is 0 Å². The molecule has 1 aromatic rings. The lowest BCUT2D eigenvalue weighted by molar-refractivity contribution is 0.0521. The smallest absolute Gasteiger partial charge is 0.358 e. The molecular formula is C7H8INO3S. The van der Waals surface area contributed by atoms with Crippen LogP contribution in [0.5, 0.6) is 0 Å². The Labute approximate surface area is 94.1 Å². The van der Waals surface area contributed by atoms with Crippen LogP contribution in [0.3, 0.4) is 0 Å². The predicted molar refractivity (Wildman–Crippen MR) is 56.9 cm³/mol. The monoisotopic (exact) mass is 313 g/mol. The first-order valence-corrected chi connectivity index (χ1v) is 5.29. The number of halogens is 1. The average Bonchev–Trinajstić information content (AvgIpc) is 2.54. The molecule has 1 rings (SSSR count). The fourth-order valence-corrected chi connectivity index (χ4v) is 1.90. The van der Waals surface area contributed by atoms with E-state index in [0.717, 1.165) is 4.88 Å². The minimum absolute atomic E-state index is 0.357. The van der Waals surface area contributed by atoms with Gasteiger partial charge in [-0.1, -0.05) is 0 Å². The van der Waals surface area contributed by atoms with Gasteiger partial charge < -0.3 is 7.80 Å². The van der Waals surface area contributed by atoms with Gasteiger partial charge in [0.1, 0.15) is 23.0 Å². The first-order valence-electron chi connectivity index (χ1n) is 3.64. The van der Waals surface area contributed by atoms with Crippen molar-refractivity contribution in [3.63, 3.8) is 0 Å². The molecule has 0 aliphatic rings. The summed E-state index contributed by atoms with van der Waals surface area (Å²) in [6.45, 7) is 2.60. The summed E-state index contributed by atoms with van der Waals surface area (Å²) in [7, 11) is 0. The summed E-state index contributed by atoms with van der Waals surface area (Å²) in [6.07, 6.45) is 0. The molecular weight excluding hydrogens is 305 g/mol. The van der Waals surface area contributed by atoms with Crippen LogP contribution in [0.15, 0.2) is 6.07 Å². The summed E-state index contributed by atoms with van der Waals surface area (Å²) in [4.78, 5) is 12.1. The van der Waals surface area contributed by atoms with Crippen LogP contribution in [-0.4, -0.2) is 16.9 Å². The van der Waals surface area contributed by atoms with Crippen molar-refractivity contribution in [1.82, 2.24) is 4.37 Å². The third kappa shape index (κ3) is 3.20. The minimum Gasteiger partial charge on any atom is -0.461 e. The molecule has 0 aliphatic heterocycles. The summed E-state index contributed by atoms with van der Waals surface area (Å²) in [5.41, 5.74) is 0.357. The second kappa shape index (κ2) is 5.51. The topological polar surface area (TPSA) is 48.4 Å².